The third-order valence-electron chi connectivity index (χ3n) is 1.53. The van der Waals surface area contributed by atoms with Crippen LogP contribution in [0.3, 0.4) is 0 Å². The Balaban J connectivity index is 3.87. The van der Waals surface area contributed by atoms with Crippen molar-refractivity contribution in [1.29, 1.82) is 0 Å². The number of amides is 1. The van der Waals surface area contributed by atoms with Crippen molar-refractivity contribution in [3.63, 3.8) is 0 Å². The highest BCUT2D eigenvalue weighted by atomic mass is 19.4. The molecule has 3 N–H and O–H groups in total. The summed E-state index contributed by atoms with van der Waals surface area (Å²) in [7, 11) is 0. The van der Waals surface area contributed by atoms with E-state index in [0.29, 0.717) is 0 Å². The number of hydrogen-bond acceptors (Lipinski definition) is 3. The van der Waals surface area contributed by atoms with E-state index in [2.05, 4.69) is 4.84 Å². The number of hydrogen-bond donors (Lipinski definition) is 2. The molecule has 0 aliphatic carbocycles. The van der Waals surface area contributed by atoms with Crippen LogP contribution in [0.4, 0.5) is 13.2 Å². The number of nitrogens with two attached hydrogens (primary N) is 1. The smallest absolute Gasteiger partial charge is 0.329 e. The second-order valence-electron chi connectivity index (χ2n) is 3.42. The molecule has 0 aromatic rings. The molecule has 0 aromatic heterocycles. The fourth-order valence-corrected chi connectivity index (χ4v) is 0.414. The van der Waals surface area contributed by atoms with Crippen molar-refractivity contribution in [3.05, 3.63) is 0 Å². The van der Waals surface area contributed by atoms with Crippen molar-refractivity contribution in [2.75, 3.05) is 13.2 Å². The third-order valence-corrected chi connectivity index (χ3v) is 1.53. The summed E-state index contributed by atoms with van der Waals surface area (Å²) in [6.45, 7) is 1.51. The summed E-state index contributed by atoms with van der Waals surface area (Å²) in [5.41, 5.74) is 5.98. The zero-order valence-corrected chi connectivity index (χ0v) is 7.94. The highest BCUT2D eigenvalue weighted by molar-refractivity contribution is 5.81. The monoisotopic (exact) mass is 214 g/mol. The van der Waals surface area contributed by atoms with E-state index in [-0.39, 0.29) is 6.54 Å². The second kappa shape index (κ2) is 4.61. The molecule has 7 heteroatoms. The fraction of sp³-hybridized carbons (Fsp3) is 0.857. The number of rotatable bonds is 4. The summed E-state index contributed by atoms with van der Waals surface area (Å²) in [5, 5.41) is 0. The molecule has 0 saturated carbocycles. The highest BCUT2D eigenvalue weighted by Gasteiger charge is 2.30. The van der Waals surface area contributed by atoms with Crippen molar-refractivity contribution in [2.45, 2.75) is 20.0 Å². The molecule has 0 saturated heterocycles. The van der Waals surface area contributed by atoms with Gasteiger partial charge in [-0.2, -0.15) is 13.2 Å². The predicted octanol–water partition coefficient (Wildman–Crippen LogP) is 0.581. The van der Waals surface area contributed by atoms with Crippen molar-refractivity contribution < 1.29 is 22.8 Å². The quantitative estimate of drug-likeness (QED) is 0.673. The van der Waals surface area contributed by atoms with Gasteiger partial charge in [0.2, 0.25) is 5.91 Å². The Morgan fingerprint density at radius 3 is 2.29 bits per heavy atom. The van der Waals surface area contributed by atoms with Crippen LogP contribution in [0.5, 0.6) is 0 Å². The first-order chi connectivity index (χ1) is 6.19. The normalized spacial score (nSPS) is 12.7. The average Bonchev–Trinajstić information content (AvgIpc) is 2.02. The van der Waals surface area contributed by atoms with Gasteiger partial charge in [0.05, 0.1) is 5.41 Å². The molecule has 0 spiro atoms. The molecule has 4 nitrogen and oxygen atoms in total. The van der Waals surface area contributed by atoms with Gasteiger partial charge in [0.15, 0.2) is 6.61 Å². The lowest BCUT2D eigenvalue weighted by atomic mass is 9.93. The van der Waals surface area contributed by atoms with E-state index in [1.165, 1.54) is 13.8 Å². The molecular formula is C7H13F3N2O2. The van der Waals surface area contributed by atoms with Gasteiger partial charge in [-0.3, -0.25) is 9.63 Å². The molecule has 1 amide bonds. The van der Waals surface area contributed by atoms with Crippen LogP contribution < -0.4 is 11.2 Å². The minimum atomic E-state index is -4.46. The van der Waals surface area contributed by atoms with Gasteiger partial charge in [0.25, 0.3) is 0 Å². The van der Waals surface area contributed by atoms with E-state index in [9.17, 15) is 18.0 Å². The molecule has 0 radical (unpaired) electrons. The van der Waals surface area contributed by atoms with Gasteiger partial charge in [0, 0.05) is 6.54 Å². The molecule has 0 rings (SSSR count). The van der Waals surface area contributed by atoms with Gasteiger partial charge in [-0.15, -0.1) is 0 Å². The zero-order valence-electron chi connectivity index (χ0n) is 7.94. The van der Waals surface area contributed by atoms with Crippen LogP contribution in [0.1, 0.15) is 13.8 Å². The topological polar surface area (TPSA) is 64.4 Å². The van der Waals surface area contributed by atoms with Gasteiger partial charge in [0.1, 0.15) is 0 Å². The molecule has 0 heterocycles. The number of carbonyl (C=O) groups excluding carboxylic acids is 1. The Hall–Kier alpha value is -0.820. The summed E-state index contributed by atoms with van der Waals surface area (Å²) in [5.74, 6) is -0.677. The first kappa shape index (κ1) is 13.2. The molecule has 0 aliphatic rings. The Bertz CT molecular complexity index is 204. The Morgan fingerprint density at radius 1 is 1.43 bits per heavy atom. The summed E-state index contributed by atoms with van der Waals surface area (Å²) in [6, 6.07) is 0. The van der Waals surface area contributed by atoms with Crippen LogP contribution >= 0.6 is 0 Å². The molecule has 0 unspecified atom stereocenters. The Morgan fingerprint density at radius 2 is 1.93 bits per heavy atom. The van der Waals surface area contributed by atoms with Gasteiger partial charge < -0.3 is 5.73 Å². The third kappa shape index (κ3) is 5.03. The number of nitrogens with one attached hydrogen (secondary N) is 1. The van der Waals surface area contributed by atoms with Gasteiger partial charge in [-0.05, 0) is 13.8 Å². The van der Waals surface area contributed by atoms with Crippen LogP contribution in [-0.2, 0) is 9.63 Å². The maximum absolute atomic E-state index is 11.6. The molecule has 14 heavy (non-hydrogen) atoms. The minimum Gasteiger partial charge on any atom is -0.329 e. The van der Waals surface area contributed by atoms with E-state index in [4.69, 9.17) is 5.73 Å². The molecule has 0 bridgehead atoms. The van der Waals surface area contributed by atoms with Crippen molar-refractivity contribution in [3.8, 4) is 0 Å². The maximum atomic E-state index is 11.6. The number of alkyl halides is 3. The zero-order chi connectivity index (χ0) is 11.4. The lowest BCUT2D eigenvalue weighted by Gasteiger charge is -2.20. The van der Waals surface area contributed by atoms with E-state index < -0.39 is 24.1 Å². The first-order valence-electron chi connectivity index (χ1n) is 3.88. The molecular weight excluding hydrogens is 201 g/mol. The van der Waals surface area contributed by atoms with E-state index in [0.717, 1.165) is 0 Å². The predicted molar refractivity (Wildman–Crippen MR) is 43.0 cm³/mol. The summed E-state index contributed by atoms with van der Waals surface area (Å²) in [4.78, 5) is 15.1. The van der Waals surface area contributed by atoms with Crippen LogP contribution in [0.2, 0.25) is 0 Å². The van der Waals surface area contributed by atoms with Crippen LogP contribution in [-0.4, -0.2) is 25.2 Å². The largest absolute Gasteiger partial charge is 0.414 e. The molecule has 0 fully saturated rings. The fourth-order valence-electron chi connectivity index (χ4n) is 0.414. The van der Waals surface area contributed by atoms with E-state index in [1.807, 2.05) is 0 Å². The molecule has 84 valence electrons. The first-order valence-corrected chi connectivity index (χ1v) is 3.88. The van der Waals surface area contributed by atoms with Crippen LogP contribution in [0.25, 0.3) is 0 Å². The minimum absolute atomic E-state index is 0.0220. The standard InChI is InChI=1S/C7H13F3N2O2/c1-6(2,3-11)5(13)12-14-4-7(8,9)10/h3-4,11H2,1-2H3,(H,12,13). The Kier molecular flexibility index (Phi) is 4.34. The molecule has 0 aliphatic heterocycles. The second-order valence-corrected chi connectivity index (χ2v) is 3.42. The van der Waals surface area contributed by atoms with Crippen LogP contribution in [0.15, 0.2) is 0 Å². The average molecular weight is 214 g/mol. The highest BCUT2D eigenvalue weighted by Crippen LogP contribution is 2.15. The molecule has 0 atom stereocenters. The maximum Gasteiger partial charge on any atom is 0.414 e. The van der Waals surface area contributed by atoms with Crippen molar-refractivity contribution in [1.82, 2.24) is 5.48 Å². The van der Waals surface area contributed by atoms with E-state index in [1.54, 1.807) is 5.48 Å². The summed E-state index contributed by atoms with van der Waals surface area (Å²) in [6.07, 6.45) is -4.46. The summed E-state index contributed by atoms with van der Waals surface area (Å²) < 4.78 is 34.8. The SMILES string of the molecule is CC(C)(CN)C(=O)NOCC(F)(F)F. The number of carbonyl (C=O) groups is 1. The van der Waals surface area contributed by atoms with Crippen molar-refractivity contribution in [2.24, 2.45) is 11.1 Å². The van der Waals surface area contributed by atoms with Crippen molar-refractivity contribution >= 4 is 5.91 Å². The van der Waals surface area contributed by atoms with Gasteiger partial charge in [-0.1, -0.05) is 0 Å². The molecule has 0 aromatic carbocycles. The lowest BCUT2D eigenvalue weighted by Crippen LogP contribution is -2.42. The van der Waals surface area contributed by atoms with Gasteiger partial charge >= 0.3 is 6.18 Å². The number of halogens is 3. The number of hydroxylamine groups is 1. The Labute approximate surface area is 79.5 Å². The summed E-state index contributed by atoms with van der Waals surface area (Å²) >= 11 is 0. The lowest BCUT2D eigenvalue weighted by molar-refractivity contribution is -0.194. The van der Waals surface area contributed by atoms with E-state index >= 15 is 0 Å². The van der Waals surface area contributed by atoms with Gasteiger partial charge in [-0.25, -0.2) is 5.48 Å². The van der Waals surface area contributed by atoms with Crippen LogP contribution in [0, 0.1) is 5.41 Å².